The van der Waals surface area contributed by atoms with E-state index >= 15 is 0 Å². The standard InChI is InChI=1S/C23H18Cl2O6/c24-17-9-10-21(20(25)14-17)30-15-22(26)31-19-8-4-5-16(13-19)23(27)29-12-11-28-18-6-2-1-3-7-18/h1-10,13-14H,11-12,15H2. The number of benzene rings is 3. The number of halogens is 2. The van der Waals surface area contributed by atoms with Gasteiger partial charge < -0.3 is 18.9 Å². The van der Waals surface area contributed by atoms with Crippen molar-refractivity contribution >= 4 is 35.1 Å². The Bertz CT molecular complexity index is 1040. The van der Waals surface area contributed by atoms with Gasteiger partial charge in [0.1, 0.15) is 30.5 Å². The second-order valence-corrected chi connectivity index (χ2v) is 7.01. The maximum absolute atomic E-state index is 12.2. The molecule has 0 saturated heterocycles. The molecule has 0 aliphatic rings. The van der Waals surface area contributed by atoms with Crippen LogP contribution >= 0.6 is 23.2 Å². The van der Waals surface area contributed by atoms with E-state index < -0.39 is 11.9 Å². The third-order valence-electron chi connectivity index (χ3n) is 3.87. The second-order valence-electron chi connectivity index (χ2n) is 6.16. The molecule has 0 fully saturated rings. The molecule has 0 atom stereocenters. The van der Waals surface area contributed by atoms with Crippen molar-refractivity contribution in [2.75, 3.05) is 19.8 Å². The smallest absolute Gasteiger partial charge is 0.349 e. The lowest BCUT2D eigenvalue weighted by atomic mass is 10.2. The zero-order chi connectivity index (χ0) is 22.1. The Morgan fingerprint density at radius 3 is 2.32 bits per heavy atom. The molecule has 3 rings (SSSR count). The first-order chi connectivity index (χ1) is 15.0. The van der Waals surface area contributed by atoms with E-state index in [1.807, 2.05) is 30.3 Å². The quantitative estimate of drug-likeness (QED) is 0.248. The number of hydrogen-bond acceptors (Lipinski definition) is 6. The highest BCUT2D eigenvalue weighted by Crippen LogP contribution is 2.27. The molecule has 0 aliphatic heterocycles. The van der Waals surface area contributed by atoms with E-state index in [9.17, 15) is 9.59 Å². The Labute approximate surface area is 189 Å². The third kappa shape index (κ3) is 7.20. The van der Waals surface area contributed by atoms with Crippen LogP contribution < -0.4 is 14.2 Å². The maximum atomic E-state index is 12.2. The van der Waals surface area contributed by atoms with Crippen molar-refractivity contribution in [3.8, 4) is 17.2 Å². The lowest BCUT2D eigenvalue weighted by molar-refractivity contribution is -0.136. The van der Waals surface area contributed by atoms with Crippen molar-refractivity contribution < 1.29 is 28.5 Å². The number of hydrogen-bond donors (Lipinski definition) is 0. The van der Waals surface area contributed by atoms with Crippen LogP contribution in [0.4, 0.5) is 0 Å². The summed E-state index contributed by atoms with van der Waals surface area (Å²) in [5, 5.41) is 0.733. The highest BCUT2D eigenvalue weighted by Gasteiger charge is 2.12. The first kappa shape index (κ1) is 22.5. The van der Waals surface area contributed by atoms with E-state index in [1.165, 1.54) is 12.1 Å². The second kappa shape index (κ2) is 11.2. The molecule has 0 aromatic heterocycles. The lowest BCUT2D eigenvalue weighted by Gasteiger charge is -2.10. The summed E-state index contributed by atoms with van der Waals surface area (Å²) in [6, 6.07) is 19.9. The lowest BCUT2D eigenvalue weighted by Crippen LogP contribution is -2.18. The predicted molar refractivity (Wildman–Crippen MR) is 116 cm³/mol. The Morgan fingerprint density at radius 1 is 0.774 bits per heavy atom. The normalized spacial score (nSPS) is 10.3. The summed E-state index contributed by atoms with van der Waals surface area (Å²) in [6.07, 6.45) is 0. The predicted octanol–water partition coefficient (Wildman–Crippen LogP) is 5.21. The van der Waals surface area contributed by atoms with E-state index in [-0.39, 0.29) is 36.2 Å². The minimum absolute atomic E-state index is 0.0768. The van der Waals surface area contributed by atoms with Crippen LogP contribution in [0.2, 0.25) is 10.0 Å². The molecule has 160 valence electrons. The number of esters is 2. The van der Waals surface area contributed by atoms with Gasteiger partial charge in [0.2, 0.25) is 0 Å². The van der Waals surface area contributed by atoms with Crippen LogP contribution in [0.3, 0.4) is 0 Å². The van der Waals surface area contributed by atoms with Gasteiger partial charge >= 0.3 is 11.9 Å². The summed E-state index contributed by atoms with van der Waals surface area (Å²) in [5.41, 5.74) is 0.242. The fraction of sp³-hybridized carbons (Fsp3) is 0.130. The number of ether oxygens (including phenoxy) is 4. The van der Waals surface area contributed by atoms with Gasteiger partial charge in [0.25, 0.3) is 0 Å². The number of para-hydroxylation sites is 1. The largest absolute Gasteiger partial charge is 0.490 e. The highest BCUT2D eigenvalue weighted by atomic mass is 35.5. The number of carbonyl (C=O) groups excluding carboxylic acids is 2. The van der Waals surface area contributed by atoms with E-state index in [0.717, 1.165) is 0 Å². The first-order valence-electron chi connectivity index (χ1n) is 9.25. The zero-order valence-electron chi connectivity index (χ0n) is 16.3. The molecule has 0 aliphatic carbocycles. The van der Waals surface area contributed by atoms with Gasteiger partial charge in [-0.15, -0.1) is 0 Å². The third-order valence-corrected chi connectivity index (χ3v) is 4.40. The van der Waals surface area contributed by atoms with Crippen LogP contribution in [-0.4, -0.2) is 31.8 Å². The minimum atomic E-state index is -0.659. The fourth-order valence-corrected chi connectivity index (χ4v) is 2.93. The van der Waals surface area contributed by atoms with Gasteiger partial charge in [-0.3, -0.25) is 0 Å². The Balaban J connectivity index is 1.46. The summed E-state index contributed by atoms with van der Waals surface area (Å²) in [6.45, 7) is -0.0741. The molecular formula is C23H18Cl2O6. The molecule has 0 heterocycles. The van der Waals surface area contributed by atoms with Gasteiger partial charge in [-0.1, -0.05) is 47.5 Å². The molecule has 8 heteroatoms. The Morgan fingerprint density at radius 2 is 1.55 bits per heavy atom. The highest BCUT2D eigenvalue weighted by molar-refractivity contribution is 6.35. The van der Waals surface area contributed by atoms with Crippen molar-refractivity contribution in [2.24, 2.45) is 0 Å². The Kier molecular flexibility index (Phi) is 8.15. The van der Waals surface area contributed by atoms with Crippen LogP contribution in [0.25, 0.3) is 0 Å². The molecule has 3 aromatic rings. The number of rotatable bonds is 9. The minimum Gasteiger partial charge on any atom is -0.490 e. The monoisotopic (exact) mass is 460 g/mol. The molecule has 0 bridgehead atoms. The van der Waals surface area contributed by atoms with Crippen LogP contribution in [0, 0.1) is 0 Å². The molecule has 6 nitrogen and oxygen atoms in total. The molecule has 3 aromatic carbocycles. The molecule has 31 heavy (non-hydrogen) atoms. The molecule has 0 amide bonds. The molecular weight excluding hydrogens is 443 g/mol. The summed E-state index contributed by atoms with van der Waals surface area (Å²) in [7, 11) is 0. The Hall–Kier alpha value is -3.22. The number of carbonyl (C=O) groups is 2. The summed E-state index contributed by atoms with van der Waals surface area (Å²) < 4.78 is 21.2. The van der Waals surface area contributed by atoms with Crippen molar-refractivity contribution in [3.63, 3.8) is 0 Å². The van der Waals surface area contributed by atoms with Crippen LogP contribution in [0.15, 0.2) is 72.8 Å². The molecule has 0 N–H and O–H groups in total. The van der Waals surface area contributed by atoms with Gasteiger partial charge in [-0.2, -0.15) is 0 Å². The van der Waals surface area contributed by atoms with Crippen LogP contribution in [0.1, 0.15) is 10.4 Å². The van der Waals surface area contributed by atoms with E-state index in [1.54, 1.807) is 30.3 Å². The van der Waals surface area contributed by atoms with E-state index in [0.29, 0.717) is 16.5 Å². The summed E-state index contributed by atoms with van der Waals surface area (Å²) in [5.74, 6) is -0.0371. The van der Waals surface area contributed by atoms with Crippen molar-refractivity contribution in [3.05, 3.63) is 88.4 Å². The van der Waals surface area contributed by atoms with E-state index in [4.69, 9.17) is 42.1 Å². The van der Waals surface area contributed by atoms with Crippen LogP contribution in [0.5, 0.6) is 17.2 Å². The summed E-state index contributed by atoms with van der Waals surface area (Å²) >= 11 is 11.8. The average molecular weight is 461 g/mol. The topological polar surface area (TPSA) is 71.1 Å². The fourth-order valence-electron chi connectivity index (χ4n) is 2.47. The SMILES string of the molecule is O=C(COc1ccc(Cl)cc1Cl)Oc1cccc(C(=O)OCCOc2ccccc2)c1. The molecule has 0 unspecified atom stereocenters. The average Bonchev–Trinajstić information content (AvgIpc) is 2.77. The van der Waals surface area contributed by atoms with Gasteiger partial charge in [0.05, 0.1) is 10.6 Å². The van der Waals surface area contributed by atoms with Gasteiger partial charge in [0.15, 0.2) is 6.61 Å². The summed E-state index contributed by atoms with van der Waals surface area (Å²) in [4.78, 5) is 24.2. The molecule has 0 saturated carbocycles. The van der Waals surface area contributed by atoms with Crippen molar-refractivity contribution in [1.82, 2.24) is 0 Å². The molecule has 0 spiro atoms. The zero-order valence-corrected chi connectivity index (χ0v) is 17.8. The van der Waals surface area contributed by atoms with Crippen LogP contribution in [-0.2, 0) is 9.53 Å². The molecule has 0 radical (unpaired) electrons. The van der Waals surface area contributed by atoms with E-state index in [2.05, 4.69) is 0 Å². The maximum Gasteiger partial charge on any atom is 0.349 e. The first-order valence-corrected chi connectivity index (χ1v) is 10.0. The van der Waals surface area contributed by atoms with Gasteiger partial charge in [0, 0.05) is 5.02 Å². The van der Waals surface area contributed by atoms with Gasteiger partial charge in [-0.05, 0) is 48.5 Å². The van der Waals surface area contributed by atoms with Crippen molar-refractivity contribution in [1.29, 1.82) is 0 Å². The van der Waals surface area contributed by atoms with Gasteiger partial charge in [-0.25, -0.2) is 9.59 Å². The van der Waals surface area contributed by atoms with Crippen molar-refractivity contribution in [2.45, 2.75) is 0 Å².